The van der Waals surface area contributed by atoms with Gasteiger partial charge in [0.05, 0.1) is 6.21 Å². The lowest BCUT2D eigenvalue weighted by Gasteiger charge is -2.19. The molecule has 76 valence electrons. The van der Waals surface area contributed by atoms with E-state index >= 15 is 0 Å². The lowest BCUT2D eigenvalue weighted by atomic mass is 10.3. The molecule has 0 aliphatic rings. The number of oxime groups is 1. The summed E-state index contributed by atoms with van der Waals surface area (Å²) in [6, 6.07) is 3.68. The SMILES string of the molecule is COC(C)(C)ON=Cc1ccncc1. The van der Waals surface area contributed by atoms with Crippen molar-refractivity contribution in [2.45, 2.75) is 19.6 Å². The predicted molar refractivity (Wildman–Crippen MR) is 54.0 cm³/mol. The second kappa shape index (κ2) is 4.72. The van der Waals surface area contributed by atoms with Crippen LogP contribution < -0.4 is 0 Å². The third kappa shape index (κ3) is 3.53. The summed E-state index contributed by atoms with van der Waals surface area (Å²) in [5.74, 6) is -0.691. The van der Waals surface area contributed by atoms with Gasteiger partial charge in [-0.25, -0.2) is 0 Å². The molecule has 1 rings (SSSR count). The lowest BCUT2D eigenvalue weighted by molar-refractivity contribution is -0.196. The van der Waals surface area contributed by atoms with E-state index in [0.717, 1.165) is 5.56 Å². The lowest BCUT2D eigenvalue weighted by Crippen LogP contribution is -2.24. The highest BCUT2D eigenvalue weighted by Gasteiger charge is 2.16. The molecule has 0 aliphatic heterocycles. The highest BCUT2D eigenvalue weighted by atomic mass is 16.8. The minimum atomic E-state index is -0.691. The van der Waals surface area contributed by atoms with Crippen LogP contribution in [-0.2, 0) is 9.57 Å². The van der Waals surface area contributed by atoms with Gasteiger partial charge in [-0.05, 0) is 17.7 Å². The minimum absolute atomic E-state index is 0.691. The third-order valence-corrected chi connectivity index (χ3v) is 1.67. The molecule has 1 heterocycles. The zero-order valence-corrected chi connectivity index (χ0v) is 8.60. The molecule has 0 N–H and O–H groups in total. The summed E-state index contributed by atoms with van der Waals surface area (Å²) in [7, 11) is 1.57. The van der Waals surface area contributed by atoms with Gasteiger partial charge in [0.2, 0.25) is 5.79 Å². The van der Waals surface area contributed by atoms with Crippen molar-refractivity contribution in [2.24, 2.45) is 5.16 Å². The fraction of sp³-hybridized carbons (Fsp3) is 0.400. The number of hydrogen-bond donors (Lipinski definition) is 0. The van der Waals surface area contributed by atoms with E-state index in [4.69, 9.17) is 9.57 Å². The van der Waals surface area contributed by atoms with E-state index in [0.29, 0.717) is 0 Å². The second-order valence-corrected chi connectivity index (χ2v) is 3.21. The van der Waals surface area contributed by atoms with Gasteiger partial charge in [-0.15, -0.1) is 0 Å². The molecule has 0 fully saturated rings. The Kier molecular flexibility index (Phi) is 3.59. The van der Waals surface area contributed by atoms with Crippen LogP contribution in [0.1, 0.15) is 19.4 Å². The molecule has 0 saturated carbocycles. The normalized spacial score (nSPS) is 11.9. The smallest absolute Gasteiger partial charge is 0.230 e. The zero-order valence-electron chi connectivity index (χ0n) is 8.60. The number of rotatable bonds is 4. The van der Waals surface area contributed by atoms with Gasteiger partial charge in [-0.3, -0.25) is 4.98 Å². The van der Waals surface area contributed by atoms with Crippen molar-refractivity contribution in [2.75, 3.05) is 7.11 Å². The van der Waals surface area contributed by atoms with Gasteiger partial charge < -0.3 is 9.57 Å². The van der Waals surface area contributed by atoms with Crippen molar-refractivity contribution in [1.82, 2.24) is 4.98 Å². The fourth-order valence-corrected chi connectivity index (χ4v) is 0.701. The van der Waals surface area contributed by atoms with Crippen LogP contribution in [0.15, 0.2) is 29.7 Å². The summed E-state index contributed by atoms with van der Waals surface area (Å²) in [4.78, 5) is 9.00. The molecule has 0 atom stereocenters. The van der Waals surface area contributed by atoms with Gasteiger partial charge in [-0.2, -0.15) is 0 Å². The number of methoxy groups -OCH3 is 1. The standard InChI is InChI=1S/C10H14N2O2/c1-10(2,13-3)14-12-8-9-4-6-11-7-5-9/h4-8H,1-3H3. The molecule has 0 spiro atoms. The number of pyridine rings is 1. The van der Waals surface area contributed by atoms with Crippen LogP contribution in [0.5, 0.6) is 0 Å². The molecule has 0 saturated heterocycles. The van der Waals surface area contributed by atoms with Gasteiger partial charge in [0.25, 0.3) is 0 Å². The quantitative estimate of drug-likeness (QED) is 0.417. The van der Waals surface area contributed by atoms with Crippen molar-refractivity contribution in [3.8, 4) is 0 Å². The highest BCUT2D eigenvalue weighted by molar-refractivity contribution is 5.78. The van der Waals surface area contributed by atoms with Crippen LogP contribution in [0.2, 0.25) is 0 Å². The van der Waals surface area contributed by atoms with Crippen LogP contribution >= 0.6 is 0 Å². The molecule has 4 heteroatoms. The Morgan fingerprint density at radius 2 is 2.00 bits per heavy atom. The van der Waals surface area contributed by atoms with Crippen molar-refractivity contribution >= 4 is 6.21 Å². The topological polar surface area (TPSA) is 43.7 Å². The third-order valence-electron chi connectivity index (χ3n) is 1.67. The van der Waals surface area contributed by atoms with Gasteiger partial charge in [-0.1, -0.05) is 5.16 Å². The number of aromatic nitrogens is 1. The van der Waals surface area contributed by atoms with Crippen molar-refractivity contribution in [1.29, 1.82) is 0 Å². The summed E-state index contributed by atoms with van der Waals surface area (Å²) in [5.41, 5.74) is 0.937. The predicted octanol–water partition coefficient (Wildman–Crippen LogP) is 1.81. The van der Waals surface area contributed by atoms with Crippen molar-refractivity contribution in [3.05, 3.63) is 30.1 Å². The maximum absolute atomic E-state index is 5.11. The first-order valence-electron chi connectivity index (χ1n) is 4.31. The molecule has 0 aromatic carbocycles. The molecule has 0 unspecified atom stereocenters. The summed E-state index contributed by atoms with van der Waals surface area (Å²) >= 11 is 0. The molecule has 1 aromatic heterocycles. The maximum atomic E-state index is 5.11. The molecule has 1 aromatic rings. The molecule has 4 nitrogen and oxygen atoms in total. The average Bonchev–Trinajstić information content (AvgIpc) is 2.19. The second-order valence-electron chi connectivity index (χ2n) is 3.21. The molecule has 14 heavy (non-hydrogen) atoms. The Labute approximate surface area is 83.6 Å². The monoisotopic (exact) mass is 194 g/mol. The van der Waals surface area contributed by atoms with E-state index in [2.05, 4.69) is 10.1 Å². The van der Waals surface area contributed by atoms with E-state index in [1.54, 1.807) is 39.6 Å². The molecular formula is C10H14N2O2. The fourth-order valence-electron chi connectivity index (χ4n) is 0.701. The van der Waals surface area contributed by atoms with Crippen LogP contribution in [0.3, 0.4) is 0 Å². The first-order chi connectivity index (χ1) is 6.64. The first kappa shape index (κ1) is 10.7. The Morgan fingerprint density at radius 3 is 2.57 bits per heavy atom. The first-order valence-corrected chi connectivity index (χ1v) is 4.31. The van der Waals surface area contributed by atoms with Crippen LogP contribution in [0, 0.1) is 0 Å². The average molecular weight is 194 g/mol. The summed E-state index contributed by atoms with van der Waals surface area (Å²) in [6.07, 6.45) is 5.01. The van der Waals surface area contributed by atoms with Gasteiger partial charge in [0.15, 0.2) is 0 Å². The van der Waals surface area contributed by atoms with Crippen molar-refractivity contribution < 1.29 is 9.57 Å². The van der Waals surface area contributed by atoms with Gasteiger partial charge in [0.1, 0.15) is 0 Å². The largest absolute Gasteiger partial charge is 0.361 e. The molecule has 0 radical (unpaired) electrons. The molecule has 0 bridgehead atoms. The summed E-state index contributed by atoms with van der Waals surface area (Å²) in [5, 5.41) is 3.81. The Balaban J connectivity index is 2.50. The van der Waals surface area contributed by atoms with E-state index in [1.807, 2.05) is 12.1 Å². The summed E-state index contributed by atoms with van der Waals surface area (Å²) in [6.45, 7) is 3.58. The van der Waals surface area contributed by atoms with E-state index < -0.39 is 5.79 Å². The Bertz CT molecular complexity index is 296. The zero-order chi connectivity index (χ0) is 10.4. The number of ether oxygens (including phenoxy) is 1. The Morgan fingerprint density at radius 1 is 1.36 bits per heavy atom. The number of hydrogen-bond acceptors (Lipinski definition) is 4. The van der Waals surface area contributed by atoms with Gasteiger partial charge in [0, 0.05) is 33.4 Å². The molecular weight excluding hydrogens is 180 g/mol. The summed E-state index contributed by atoms with van der Waals surface area (Å²) < 4.78 is 5.03. The van der Waals surface area contributed by atoms with E-state index in [1.165, 1.54) is 0 Å². The van der Waals surface area contributed by atoms with Crippen molar-refractivity contribution in [3.63, 3.8) is 0 Å². The maximum Gasteiger partial charge on any atom is 0.230 e. The van der Waals surface area contributed by atoms with E-state index in [-0.39, 0.29) is 0 Å². The van der Waals surface area contributed by atoms with Crippen LogP contribution in [-0.4, -0.2) is 24.1 Å². The Hall–Kier alpha value is -1.42. The van der Waals surface area contributed by atoms with Crippen LogP contribution in [0.4, 0.5) is 0 Å². The number of nitrogens with zero attached hydrogens (tertiary/aromatic N) is 2. The van der Waals surface area contributed by atoms with E-state index in [9.17, 15) is 0 Å². The van der Waals surface area contributed by atoms with Crippen LogP contribution in [0.25, 0.3) is 0 Å². The molecule has 0 aliphatic carbocycles. The minimum Gasteiger partial charge on any atom is -0.361 e. The molecule has 0 amide bonds. The highest BCUT2D eigenvalue weighted by Crippen LogP contribution is 2.09. The van der Waals surface area contributed by atoms with Gasteiger partial charge >= 0.3 is 0 Å².